The number of amides is 1. The number of carbonyl (C=O) groups excluding carboxylic acids is 1. The predicted molar refractivity (Wildman–Crippen MR) is 178 cm³/mol. The summed E-state index contributed by atoms with van der Waals surface area (Å²) in [6.45, 7) is 4.67. The first-order valence-electron chi connectivity index (χ1n) is 17.9. The summed E-state index contributed by atoms with van der Waals surface area (Å²) in [5.74, 6) is -0.168. The van der Waals surface area contributed by atoms with Crippen LogP contribution in [-0.2, 0) is 18.4 Å². The van der Waals surface area contributed by atoms with Crippen LogP contribution >= 0.6 is 7.82 Å². The molecule has 0 aliphatic carbocycles. The minimum atomic E-state index is -4.54. The minimum Gasteiger partial charge on any atom is -0.756 e. The van der Waals surface area contributed by atoms with Crippen molar-refractivity contribution in [1.82, 2.24) is 5.32 Å². The number of hydrogen-bond acceptors (Lipinski definition) is 6. The van der Waals surface area contributed by atoms with Gasteiger partial charge in [0.25, 0.3) is 7.82 Å². The number of aliphatic hydroxyl groups excluding tert-OH is 1. The number of nitrogens with zero attached hydrogens (tertiary/aromatic N) is 1. The number of phosphoric acid groups is 1. The maximum atomic E-state index is 12.7. The Kier molecular flexibility index (Phi) is 27.5. The summed E-state index contributed by atoms with van der Waals surface area (Å²) in [4.78, 5) is 25.0. The van der Waals surface area contributed by atoms with Gasteiger partial charge in [0.05, 0.1) is 39.9 Å². The van der Waals surface area contributed by atoms with Gasteiger partial charge in [-0.15, -0.1) is 0 Å². The van der Waals surface area contributed by atoms with Gasteiger partial charge >= 0.3 is 0 Å². The SMILES string of the molecule is CCCCCCCCCCCCCC(=O)NC(COP(=O)([O-])OCC[N+](C)(C)C)C(O)CCCCCCCCCCCC. The van der Waals surface area contributed by atoms with E-state index < -0.39 is 20.0 Å². The number of rotatable bonds is 32. The first kappa shape index (κ1) is 42.5. The van der Waals surface area contributed by atoms with Crippen molar-refractivity contribution in [2.45, 2.75) is 174 Å². The van der Waals surface area contributed by atoms with E-state index in [4.69, 9.17) is 9.05 Å². The van der Waals surface area contributed by atoms with Gasteiger partial charge in [0.2, 0.25) is 5.91 Å². The second-order valence-electron chi connectivity index (χ2n) is 13.6. The van der Waals surface area contributed by atoms with Gasteiger partial charge in [0, 0.05) is 6.42 Å². The fourth-order valence-corrected chi connectivity index (χ4v) is 5.88. The van der Waals surface area contributed by atoms with E-state index in [1.165, 1.54) is 96.3 Å². The zero-order chi connectivity index (χ0) is 32.2. The molecule has 0 aliphatic rings. The molecule has 0 heterocycles. The van der Waals surface area contributed by atoms with E-state index in [0.29, 0.717) is 23.9 Å². The van der Waals surface area contributed by atoms with E-state index in [1.54, 1.807) is 0 Å². The van der Waals surface area contributed by atoms with Crippen LogP contribution in [0.25, 0.3) is 0 Å². The average Bonchev–Trinajstić information content (AvgIpc) is 2.94. The van der Waals surface area contributed by atoms with Gasteiger partial charge in [0.15, 0.2) is 0 Å². The summed E-state index contributed by atoms with van der Waals surface area (Å²) in [5.41, 5.74) is 0. The molecule has 0 aromatic heterocycles. The number of unbranched alkanes of at least 4 members (excludes halogenated alkanes) is 19. The Morgan fingerprint density at radius 2 is 1.14 bits per heavy atom. The quantitative estimate of drug-likeness (QED) is 0.0440. The predicted octanol–water partition coefficient (Wildman–Crippen LogP) is 8.05. The van der Waals surface area contributed by atoms with Gasteiger partial charge in [-0.05, 0) is 12.8 Å². The van der Waals surface area contributed by atoms with Gasteiger partial charge in [-0.25, -0.2) is 0 Å². The average molecular weight is 635 g/mol. The maximum absolute atomic E-state index is 12.7. The Morgan fingerprint density at radius 3 is 1.58 bits per heavy atom. The minimum absolute atomic E-state index is 0.0152. The van der Waals surface area contributed by atoms with E-state index in [9.17, 15) is 19.4 Å². The normalized spacial score (nSPS) is 14.9. The molecule has 0 spiro atoms. The van der Waals surface area contributed by atoms with Crippen molar-refractivity contribution in [3.8, 4) is 0 Å². The molecule has 1 amide bonds. The fraction of sp³-hybridized carbons (Fsp3) is 0.971. The summed E-state index contributed by atoms with van der Waals surface area (Å²) in [7, 11) is 1.31. The van der Waals surface area contributed by atoms with E-state index in [0.717, 1.165) is 38.5 Å². The lowest BCUT2D eigenvalue weighted by atomic mass is 10.0. The molecule has 0 rings (SSSR count). The third-order valence-corrected chi connectivity index (χ3v) is 9.06. The van der Waals surface area contributed by atoms with E-state index in [-0.39, 0.29) is 19.1 Å². The van der Waals surface area contributed by atoms with Crippen LogP contribution in [0.15, 0.2) is 0 Å². The Balaban J connectivity index is 4.50. The van der Waals surface area contributed by atoms with Crippen molar-refractivity contribution in [3.63, 3.8) is 0 Å². The molecule has 0 aromatic rings. The van der Waals surface area contributed by atoms with Crippen molar-refractivity contribution in [1.29, 1.82) is 0 Å². The molecule has 0 radical (unpaired) electrons. The topological polar surface area (TPSA) is 108 Å². The second-order valence-corrected chi connectivity index (χ2v) is 15.0. The lowest BCUT2D eigenvalue weighted by Gasteiger charge is -2.30. The highest BCUT2D eigenvalue weighted by atomic mass is 31.2. The number of nitrogens with one attached hydrogen (secondary N) is 1. The van der Waals surface area contributed by atoms with Crippen LogP contribution in [0.4, 0.5) is 0 Å². The second kappa shape index (κ2) is 27.8. The van der Waals surface area contributed by atoms with Crippen LogP contribution in [0.2, 0.25) is 0 Å². The zero-order valence-electron chi connectivity index (χ0n) is 28.9. The van der Waals surface area contributed by atoms with Gasteiger partial charge < -0.3 is 28.8 Å². The molecule has 43 heavy (non-hydrogen) atoms. The van der Waals surface area contributed by atoms with Crippen molar-refractivity contribution in [3.05, 3.63) is 0 Å². The number of phosphoric ester groups is 1. The third kappa shape index (κ3) is 29.9. The van der Waals surface area contributed by atoms with Crippen LogP contribution in [0.1, 0.15) is 162 Å². The Morgan fingerprint density at radius 1 is 0.721 bits per heavy atom. The lowest BCUT2D eigenvalue weighted by molar-refractivity contribution is -0.870. The molecule has 9 heteroatoms. The molecule has 2 N–H and O–H groups in total. The number of aliphatic hydroxyl groups is 1. The summed E-state index contributed by atoms with van der Waals surface area (Å²) in [6, 6.07) is -0.789. The first-order chi connectivity index (χ1) is 20.5. The summed E-state index contributed by atoms with van der Waals surface area (Å²) < 4.78 is 23.1. The standard InChI is InChI=1S/C34H71N2O6P/c1-6-8-10-12-14-16-18-20-22-24-26-28-34(38)35-32(31-42-43(39,40)41-30-29-36(3,4)5)33(37)27-25-23-21-19-17-15-13-11-9-7-2/h32-33,37H,6-31H2,1-5H3,(H-,35,38,39,40). The number of likely N-dealkylation sites (N-methyl/N-ethyl adjacent to an activating group) is 1. The highest BCUT2D eigenvalue weighted by Gasteiger charge is 2.24. The largest absolute Gasteiger partial charge is 0.756 e. The van der Waals surface area contributed by atoms with Crippen molar-refractivity contribution in [2.75, 3.05) is 40.9 Å². The number of hydrogen-bond donors (Lipinski definition) is 2. The summed E-state index contributed by atoms with van der Waals surface area (Å²) >= 11 is 0. The van der Waals surface area contributed by atoms with Gasteiger partial charge in [-0.2, -0.15) is 0 Å². The molecule has 0 bridgehead atoms. The Hall–Kier alpha value is -0.500. The van der Waals surface area contributed by atoms with Gasteiger partial charge in [-0.1, -0.05) is 142 Å². The van der Waals surface area contributed by atoms with Crippen molar-refractivity contribution in [2.24, 2.45) is 0 Å². The first-order valence-corrected chi connectivity index (χ1v) is 19.3. The van der Waals surface area contributed by atoms with E-state index in [1.807, 2.05) is 21.1 Å². The fourth-order valence-electron chi connectivity index (χ4n) is 5.16. The monoisotopic (exact) mass is 635 g/mol. The van der Waals surface area contributed by atoms with Crippen LogP contribution in [-0.4, -0.2) is 68.5 Å². The summed E-state index contributed by atoms with van der Waals surface area (Å²) in [5, 5.41) is 13.7. The molecule has 0 aromatic carbocycles. The zero-order valence-corrected chi connectivity index (χ0v) is 29.8. The van der Waals surface area contributed by atoms with Crippen LogP contribution < -0.4 is 10.2 Å². The van der Waals surface area contributed by atoms with Crippen LogP contribution in [0.5, 0.6) is 0 Å². The van der Waals surface area contributed by atoms with Crippen molar-refractivity contribution >= 4 is 13.7 Å². The van der Waals surface area contributed by atoms with Crippen LogP contribution in [0, 0.1) is 0 Å². The highest BCUT2D eigenvalue weighted by molar-refractivity contribution is 7.45. The smallest absolute Gasteiger partial charge is 0.268 e. The third-order valence-electron chi connectivity index (χ3n) is 8.10. The Bertz CT molecular complexity index is 688. The van der Waals surface area contributed by atoms with Gasteiger partial charge in [-0.3, -0.25) is 9.36 Å². The van der Waals surface area contributed by atoms with E-state index in [2.05, 4.69) is 19.2 Å². The van der Waals surface area contributed by atoms with Gasteiger partial charge in [0.1, 0.15) is 13.2 Å². The van der Waals surface area contributed by atoms with Crippen LogP contribution in [0.3, 0.4) is 0 Å². The molecular formula is C34H71N2O6P. The summed E-state index contributed by atoms with van der Waals surface area (Å²) in [6.07, 6.45) is 25.3. The van der Waals surface area contributed by atoms with Crippen molar-refractivity contribution < 1.29 is 32.9 Å². The molecule has 3 atom stereocenters. The molecule has 0 saturated heterocycles. The molecular weight excluding hydrogens is 563 g/mol. The molecule has 8 nitrogen and oxygen atoms in total. The molecule has 258 valence electrons. The highest BCUT2D eigenvalue weighted by Crippen LogP contribution is 2.38. The van der Waals surface area contributed by atoms with E-state index >= 15 is 0 Å². The Labute approximate surface area is 266 Å². The molecule has 0 fully saturated rings. The molecule has 0 saturated carbocycles. The number of carbonyl (C=O) groups is 1. The maximum Gasteiger partial charge on any atom is 0.268 e. The molecule has 0 aliphatic heterocycles. The number of quaternary nitrogens is 1. The molecule has 3 unspecified atom stereocenters. The lowest BCUT2D eigenvalue weighted by Crippen LogP contribution is -2.46.